The van der Waals surface area contributed by atoms with Crippen LogP contribution in [0.4, 0.5) is 0 Å². The van der Waals surface area contributed by atoms with Crippen molar-refractivity contribution in [3.05, 3.63) is 63.6 Å². The first-order valence-corrected chi connectivity index (χ1v) is 7.82. The van der Waals surface area contributed by atoms with E-state index in [9.17, 15) is 9.90 Å². The molecule has 5 heteroatoms. The zero-order valence-corrected chi connectivity index (χ0v) is 13.0. The van der Waals surface area contributed by atoms with E-state index in [2.05, 4.69) is 0 Å². The monoisotopic (exact) mass is 326 g/mol. The Bertz CT molecular complexity index is 626. The number of thioether (sulfide) groups is 1. The van der Waals surface area contributed by atoms with Crippen LogP contribution < -0.4 is 0 Å². The lowest BCUT2D eigenvalue weighted by Crippen LogP contribution is -2.12. The lowest BCUT2D eigenvalue weighted by atomic mass is 10.0. The summed E-state index contributed by atoms with van der Waals surface area (Å²) in [7, 11) is 0. The number of ketones is 1. The van der Waals surface area contributed by atoms with Gasteiger partial charge in [0.2, 0.25) is 0 Å². The molecule has 2 aromatic carbocycles. The maximum Gasteiger partial charge on any atom is 0.195 e. The summed E-state index contributed by atoms with van der Waals surface area (Å²) < 4.78 is 0. The predicted octanol–water partition coefficient (Wildman–Crippen LogP) is 4.63. The molecule has 0 amide bonds. The Hall–Kier alpha value is -1.00. The molecule has 0 aliphatic rings. The average Bonchev–Trinajstić information content (AvgIpc) is 2.48. The highest BCUT2D eigenvalue weighted by Gasteiger charge is 2.19. The number of carbonyl (C=O) groups excluding carboxylic acids is 1. The van der Waals surface area contributed by atoms with Crippen LogP contribution in [0.15, 0.2) is 47.4 Å². The molecule has 0 saturated heterocycles. The Labute approximate surface area is 131 Å². The van der Waals surface area contributed by atoms with Crippen molar-refractivity contribution >= 4 is 40.7 Å². The van der Waals surface area contributed by atoms with E-state index in [1.165, 1.54) is 6.07 Å². The van der Waals surface area contributed by atoms with E-state index in [0.717, 1.165) is 4.90 Å². The fourth-order valence-corrected chi connectivity index (χ4v) is 2.45. The minimum atomic E-state index is -1.21. The van der Waals surface area contributed by atoms with Crippen LogP contribution in [0.5, 0.6) is 0 Å². The largest absolute Gasteiger partial charge is 0.380 e. The van der Waals surface area contributed by atoms with Gasteiger partial charge >= 0.3 is 0 Å². The summed E-state index contributed by atoms with van der Waals surface area (Å²) in [5, 5.41) is 10.8. The number of rotatable bonds is 4. The molecule has 1 N–H and O–H groups in total. The number of aliphatic hydroxyl groups is 1. The number of benzene rings is 2. The minimum Gasteiger partial charge on any atom is -0.380 e. The van der Waals surface area contributed by atoms with E-state index in [1.807, 2.05) is 18.4 Å². The molecular formula is C15H12Cl2O2S. The second kappa shape index (κ2) is 6.64. The van der Waals surface area contributed by atoms with Crippen molar-refractivity contribution < 1.29 is 9.90 Å². The van der Waals surface area contributed by atoms with Crippen LogP contribution in [0.3, 0.4) is 0 Å². The summed E-state index contributed by atoms with van der Waals surface area (Å²) in [6.07, 6.45) is 0.759. The standard InChI is InChI=1S/C15H12Cl2O2S/c1-20-11-5-2-9(3-6-11)14(18)15(19)10-4-7-12(16)13(17)8-10/h2-8,14,18H,1H3. The smallest absolute Gasteiger partial charge is 0.195 e. The van der Waals surface area contributed by atoms with E-state index in [0.29, 0.717) is 21.2 Å². The molecule has 0 saturated carbocycles. The lowest BCUT2D eigenvalue weighted by molar-refractivity contribution is 0.0747. The quantitative estimate of drug-likeness (QED) is 0.657. The summed E-state index contributed by atoms with van der Waals surface area (Å²) in [4.78, 5) is 13.3. The zero-order valence-electron chi connectivity index (χ0n) is 10.6. The van der Waals surface area contributed by atoms with Crippen LogP contribution >= 0.6 is 35.0 Å². The highest BCUT2D eigenvalue weighted by molar-refractivity contribution is 7.98. The van der Waals surface area contributed by atoms with Gasteiger partial charge in [0.15, 0.2) is 5.78 Å². The SMILES string of the molecule is CSc1ccc(C(O)C(=O)c2ccc(Cl)c(Cl)c2)cc1. The normalized spacial score (nSPS) is 12.2. The molecule has 0 heterocycles. The van der Waals surface area contributed by atoms with Crippen LogP contribution in [-0.4, -0.2) is 17.1 Å². The summed E-state index contributed by atoms with van der Waals surface area (Å²) >= 11 is 13.3. The Morgan fingerprint density at radius 1 is 1.10 bits per heavy atom. The molecule has 0 spiro atoms. The molecule has 2 rings (SSSR count). The molecule has 0 radical (unpaired) electrons. The molecule has 0 aliphatic heterocycles. The Kier molecular flexibility index (Phi) is 5.11. The molecule has 2 aromatic rings. The van der Waals surface area contributed by atoms with Gasteiger partial charge in [-0.15, -0.1) is 11.8 Å². The summed E-state index contributed by atoms with van der Waals surface area (Å²) in [6, 6.07) is 11.8. The second-order valence-electron chi connectivity index (χ2n) is 4.17. The highest BCUT2D eigenvalue weighted by atomic mass is 35.5. The van der Waals surface area contributed by atoms with Gasteiger partial charge in [-0.3, -0.25) is 4.79 Å². The van der Waals surface area contributed by atoms with Crippen molar-refractivity contribution in [1.29, 1.82) is 0 Å². The maximum absolute atomic E-state index is 12.2. The molecule has 0 aromatic heterocycles. The van der Waals surface area contributed by atoms with Gasteiger partial charge in [0.05, 0.1) is 10.0 Å². The number of Topliss-reactive ketones (excluding diaryl/α,β-unsaturated/α-hetero) is 1. The van der Waals surface area contributed by atoms with E-state index in [4.69, 9.17) is 23.2 Å². The van der Waals surface area contributed by atoms with Crippen molar-refractivity contribution in [2.45, 2.75) is 11.0 Å². The second-order valence-corrected chi connectivity index (χ2v) is 5.86. The van der Waals surface area contributed by atoms with Gasteiger partial charge in [0.1, 0.15) is 6.10 Å². The predicted molar refractivity (Wildman–Crippen MR) is 84.0 cm³/mol. The van der Waals surface area contributed by atoms with E-state index in [1.54, 1.807) is 36.0 Å². The molecular weight excluding hydrogens is 315 g/mol. The first-order valence-electron chi connectivity index (χ1n) is 5.84. The van der Waals surface area contributed by atoms with Gasteiger partial charge < -0.3 is 5.11 Å². The third kappa shape index (κ3) is 3.36. The van der Waals surface area contributed by atoms with Crippen LogP contribution in [0.2, 0.25) is 10.0 Å². The number of halogens is 2. The summed E-state index contributed by atoms with van der Waals surface area (Å²) in [5.41, 5.74) is 0.889. The fraction of sp³-hybridized carbons (Fsp3) is 0.133. The summed E-state index contributed by atoms with van der Waals surface area (Å²) in [5.74, 6) is -0.402. The van der Waals surface area contributed by atoms with Gasteiger partial charge in [-0.05, 0) is 42.2 Å². The van der Waals surface area contributed by atoms with Crippen LogP contribution in [-0.2, 0) is 0 Å². The molecule has 0 fully saturated rings. The van der Waals surface area contributed by atoms with Crippen LogP contribution in [0.1, 0.15) is 22.0 Å². The van der Waals surface area contributed by atoms with E-state index in [-0.39, 0.29) is 0 Å². The molecule has 104 valence electrons. The fourth-order valence-electron chi connectivity index (χ4n) is 1.74. The van der Waals surface area contributed by atoms with Crippen molar-refractivity contribution in [2.24, 2.45) is 0 Å². The van der Waals surface area contributed by atoms with Crippen molar-refractivity contribution in [1.82, 2.24) is 0 Å². The van der Waals surface area contributed by atoms with Gasteiger partial charge in [-0.1, -0.05) is 35.3 Å². The van der Waals surface area contributed by atoms with Gasteiger partial charge in [-0.25, -0.2) is 0 Å². The molecule has 0 bridgehead atoms. The van der Waals surface area contributed by atoms with E-state index < -0.39 is 11.9 Å². The number of hydrogen-bond donors (Lipinski definition) is 1. The molecule has 1 unspecified atom stereocenters. The lowest BCUT2D eigenvalue weighted by Gasteiger charge is -2.11. The van der Waals surface area contributed by atoms with Crippen LogP contribution in [0, 0.1) is 0 Å². The van der Waals surface area contributed by atoms with Gasteiger partial charge in [0, 0.05) is 10.5 Å². The Balaban J connectivity index is 2.24. The Morgan fingerprint density at radius 2 is 1.75 bits per heavy atom. The third-order valence-electron chi connectivity index (χ3n) is 2.88. The summed E-state index contributed by atoms with van der Waals surface area (Å²) in [6.45, 7) is 0. The molecule has 2 nitrogen and oxygen atoms in total. The first kappa shape index (κ1) is 15.4. The topological polar surface area (TPSA) is 37.3 Å². The minimum absolute atomic E-state index is 0.294. The Morgan fingerprint density at radius 3 is 2.30 bits per heavy atom. The molecule has 1 atom stereocenters. The van der Waals surface area contributed by atoms with Crippen LogP contribution in [0.25, 0.3) is 0 Å². The highest BCUT2D eigenvalue weighted by Crippen LogP contribution is 2.26. The number of aliphatic hydroxyl groups excluding tert-OH is 1. The maximum atomic E-state index is 12.2. The van der Waals surface area contributed by atoms with Crippen molar-refractivity contribution in [3.63, 3.8) is 0 Å². The molecule has 0 aliphatic carbocycles. The van der Waals surface area contributed by atoms with Gasteiger partial charge in [0.25, 0.3) is 0 Å². The zero-order chi connectivity index (χ0) is 14.7. The number of hydrogen-bond acceptors (Lipinski definition) is 3. The van der Waals surface area contributed by atoms with E-state index >= 15 is 0 Å². The van der Waals surface area contributed by atoms with Crippen molar-refractivity contribution in [3.8, 4) is 0 Å². The molecule has 20 heavy (non-hydrogen) atoms. The third-order valence-corrected chi connectivity index (χ3v) is 4.37. The number of carbonyl (C=O) groups is 1. The first-order chi connectivity index (χ1) is 9.52. The van der Waals surface area contributed by atoms with Crippen molar-refractivity contribution in [2.75, 3.05) is 6.26 Å². The van der Waals surface area contributed by atoms with Gasteiger partial charge in [-0.2, -0.15) is 0 Å². The average molecular weight is 327 g/mol.